The predicted molar refractivity (Wildman–Crippen MR) is 128 cm³/mol. The van der Waals surface area contributed by atoms with E-state index in [9.17, 15) is 4.79 Å². The summed E-state index contributed by atoms with van der Waals surface area (Å²) in [6.45, 7) is 5.69. The lowest BCUT2D eigenvalue weighted by atomic mass is 10.3. The highest BCUT2D eigenvalue weighted by atomic mass is 32.2. The van der Waals surface area contributed by atoms with Crippen LogP contribution in [0.15, 0.2) is 34.8 Å². The summed E-state index contributed by atoms with van der Waals surface area (Å²) in [5.74, 6) is 2.03. The van der Waals surface area contributed by atoms with Crippen LogP contribution in [-0.2, 0) is 11.2 Å². The van der Waals surface area contributed by atoms with Gasteiger partial charge >= 0.3 is 0 Å². The summed E-state index contributed by atoms with van der Waals surface area (Å²) in [7, 11) is 0. The fourth-order valence-electron chi connectivity index (χ4n) is 3.65. The minimum Gasteiger partial charge on any atom is -0.310 e. The Bertz CT molecular complexity index is 1270. The van der Waals surface area contributed by atoms with Gasteiger partial charge in [-0.3, -0.25) is 4.79 Å². The molecule has 0 aromatic carbocycles. The second-order valence-corrected chi connectivity index (χ2v) is 10.1. The van der Waals surface area contributed by atoms with E-state index in [-0.39, 0.29) is 11.7 Å². The molecule has 1 saturated carbocycles. The number of rotatable bonds is 8. The summed E-state index contributed by atoms with van der Waals surface area (Å²) in [5.41, 5.74) is 2.46. The quantitative estimate of drug-likeness (QED) is 0.382. The standard InChI is InChI=1S/C22H24N8OS2/c1-13-9-14(2)24-21(23-13)30-18(10-15(3)28-30)25-20(31)12-33-22-27-26-19(29(22)16-6-7-16)11-17-5-4-8-32-17/h4-5,8-10,16H,6-7,11-12H2,1-3H3,(H,25,31). The van der Waals surface area contributed by atoms with Crippen molar-refractivity contribution in [3.8, 4) is 5.95 Å². The van der Waals surface area contributed by atoms with E-state index in [2.05, 4.69) is 46.6 Å². The molecule has 0 bridgehead atoms. The largest absolute Gasteiger partial charge is 0.310 e. The lowest BCUT2D eigenvalue weighted by molar-refractivity contribution is -0.113. The van der Waals surface area contributed by atoms with Gasteiger partial charge in [0, 0.05) is 34.8 Å². The van der Waals surface area contributed by atoms with Crippen molar-refractivity contribution >= 4 is 34.8 Å². The topological polar surface area (TPSA) is 103 Å². The highest BCUT2D eigenvalue weighted by molar-refractivity contribution is 7.99. The van der Waals surface area contributed by atoms with Crippen molar-refractivity contribution in [2.45, 2.75) is 51.2 Å². The number of carbonyl (C=O) groups is 1. The number of thiophene rings is 1. The molecule has 0 atom stereocenters. The van der Waals surface area contributed by atoms with E-state index in [0.29, 0.717) is 17.8 Å². The molecule has 9 nitrogen and oxygen atoms in total. The van der Waals surface area contributed by atoms with Crippen LogP contribution in [0.25, 0.3) is 5.95 Å². The predicted octanol–water partition coefficient (Wildman–Crippen LogP) is 3.90. The van der Waals surface area contributed by atoms with Gasteiger partial charge in [0.1, 0.15) is 11.6 Å². The summed E-state index contributed by atoms with van der Waals surface area (Å²) in [4.78, 5) is 23.0. The lowest BCUT2D eigenvalue weighted by Crippen LogP contribution is -2.18. The average Bonchev–Trinajstić information content (AvgIpc) is 3.15. The molecule has 0 unspecified atom stereocenters. The number of amides is 1. The maximum absolute atomic E-state index is 12.8. The van der Waals surface area contributed by atoms with E-state index in [1.165, 1.54) is 16.6 Å². The van der Waals surface area contributed by atoms with Gasteiger partial charge in [-0.05, 0) is 51.1 Å². The Kier molecular flexibility index (Phi) is 5.98. The zero-order chi connectivity index (χ0) is 22.9. The molecule has 1 amide bonds. The molecule has 4 aromatic heterocycles. The number of nitrogens with one attached hydrogen (secondary N) is 1. The molecule has 0 saturated heterocycles. The van der Waals surface area contributed by atoms with Gasteiger partial charge in [-0.1, -0.05) is 17.8 Å². The van der Waals surface area contributed by atoms with Crippen LogP contribution in [-0.4, -0.2) is 46.2 Å². The van der Waals surface area contributed by atoms with Gasteiger partial charge in [-0.15, -0.1) is 21.5 Å². The van der Waals surface area contributed by atoms with Crippen LogP contribution >= 0.6 is 23.1 Å². The second kappa shape index (κ2) is 9.06. The van der Waals surface area contributed by atoms with Gasteiger partial charge in [0.15, 0.2) is 5.16 Å². The minimum atomic E-state index is -0.143. The molecule has 11 heteroatoms. The first-order valence-corrected chi connectivity index (χ1v) is 12.6. The fraction of sp³-hybridized carbons (Fsp3) is 0.364. The van der Waals surface area contributed by atoms with E-state index in [1.54, 1.807) is 16.0 Å². The van der Waals surface area contributed by atoms with Gasteiger partial charge in [0.2, 0.25) is 5.91 Å². The Hall–Kier alpha value is -3.05. The first-order chi connectivity index (χ1) is 16.0. The molecule has 1 aliphatic carbocycles. The summed E-state index contributed by atoms with van der Waals surface area (Å²) in [6, 6.07) is 8.31. The second-order valence-electron chi connectivity index (χ2n) is 8.13. The van der Waals surface area contributed by atoms with Crippen molar-refractivity contribution < 1.29 is 4.79 Å². The van der Waals surface area contributed by atoms with Crippen LogP contribution in [0.1, 0.15) is 46.7 Å². The van der Waals surface area contributed by atoms with Crippen molar-refractivity contribution in [2.75, 3.05) is 11.1 Å². The molecule has 0 aliphatic heterocycles. The van der Waals surface area contributed by atoms with Crippen molar-refractivity contribution in [1.29, 1.82) is 0 Å². The third-order valence-corrected chi connectivity index (χ3v) is 6.97. The molecule has 4 aromatic rings. The molecule has 1 fully saturated rings. The average molecular weight is 481 g/mol. The van der Waals surface area contributed by atoms with E-state index in [0.717, 1.165) is 47.3 Å². The SMILES string of the molecule is Cc1cc(C)nc(-n2nc(C)cc2NC(=O)CSc2nnc(Cc3cccs3)n2C2CC2)n1. The molecule has 0 radical (unpaired) electrons. The fourth-order valence-corrected chi connectivity index (χ4v) is 5.17. The Morgan fingerprint density at radius 2 is 1.94 bits per heavy atom. The van der Waals surface area contributed by atoms with Crippen molar-refractivity contribution in [2.24, 2.45) is 0 Å². The highest BCUT2D eigenvalue weighted by Crippen LogP contribution is 2.39. The third-order valence-electron chi connectivity index (χ3n) is 5.15. The molecule has 4 heterocycles. The molecule has 170 valence electrons. The molecular formula is C22H24N8OS2. The van der Waals surface area contributed by atoms with Crippen LogP contribution < -0.4 is 5.32 Å². The maximum atomic E-state index is 12.8. The summed E-state index contributed by atoms with van der Waals surface area (Å²) >= 11 is 3.13. The van der Waals surface area contributed by atoms with Crippen molar-refractivity contribution in [1.82, 2.24) is 34.5 Å². The minimum absolute atomic E-state index is 0.143. The van der Waals surface area contributed by atoms with Crippen LogP contribution in [0.4, 0.5) is 5.82 Å². The van der Waals surface area contributed by atoms with Crippen LogP contribution in [0.5, 0.6) is 0 Å². The van der Waals surface area contributed by atoms with Crippen molar-refractivity contribution in [3.05, 3.63) is 57.4 Å². The number of nitrogens with zero attached hydrogens (tertiary/aromatic N) is 7. The number of thioether (sulfide) groups is 1. The van der Waals surface area contributed by atoms with E-state index in [4.69, 9.17) is 0 Å². The monoisotopic (exact) mass is 480 g/mol. The Morgan fingerprint density at radius 3 is 2.64 bits per heavy atom. The van der Waals surface area contributed by atoms with E-state index in [1.807, 2.05) is 39.0 Å². The van der Waals surface area contributed by atoms with Crippen LogP contribution in [0.2, 0.25) is 0 Å². The zero-order valence-corrected chi connectivity index (χ0v) is 20.3. The normalized spacial score (nSPS) is 13.4. The van der Waals surface area contributed by atoms with Gasteiger partial charge < -0.3 is 9.88 Å². The molecule has 5 rings (SSSR count). The Labute approximate surface area is 199 Å². The number of hydrogen-bond donors (Lipinski definition) is 1. The number of hydrogen-bond acceptors (Lipinski definition) is 8. The lowest BCUT2D eigenvalue weighted by Gasteiger charge is -2.10. The third kappa shape index (κ3) is 4.98. The number of aromatic nitrogens is 7. The molecule has 1 aliphatic rings. The molecule has 33 heavy (non-hydrogen) atoms. The highest BCUT2D eigenvalue weighted by Gasteiger charge is 2.30. The molecule has 0 spiro atoms. The zero-order valence-electron chi connectivity index (χ0n) is 18.6. The van der Waals surface area contributed by atoms with Gasteiger partial charge in [0.25, 0.3) is 5.95 Å². The molecular weight excluding hydrogens is 456 g/mol. The first kappa shape index (κ1) is 21.8. The van der Waals surface area contributed by atoms with Gasteiger partial charge in [0.05, 0.1) is 11.4 Å². The van der Waals surface area contributed by atoms with Crippen molar-refractivity contribution in [3.63, 3.8) is 0 Å². The maximum Gasteiger partial charge on any atom is 0.252 e. The van der Waals surface area contributed by atoms with Crippen LogP contribution in [0, 0.1) is 20.8 Å². The summed E-state index contributed by atoms with van der Waals surface area (Å²) < 4.78 is 3.78. The van der Waals surface area contributed by atoms with Gasteiger partial charge in [-0.2, -0.15) is 9.78 Å². The summed E-state index contributed by atoms with van der Waals surface area (Å²) in [6.07, 6.45) is 3.02. The van der Waals surface area contributed by atoms with E-state index < -0.39 is 0 Å². The Balaban J connectivity index is 1.29. The smallest absolute Gasteiger partial charge is 0.252 e. The first-order valence-electron chi connectivity index (χ1n) is 10.7. The number of carbonyl (C=O) groups excluding carboxylic acids is 1. The van der Waals surface area contributed by atoms with E-state index >= 15 is 0 Å². The Morgan fingerprint density at radius 1 is 1.15 bits per heavy atom. The number of anilines is 1. The summed E-state index contributed by atoms with van der Waals surface area (Å²) in [5, 5.41) is 19.1. The molecule has 1 N–H and O–H groups in total. The van der Waals surface area contributed by atoms with Crippen LogP contribution in [0.3, 0.4) is 0 Å². The number of aryl methyl sites for hydroxylation is 3. The van der Waals surface area contributed by atoms with Gasteiger partial charge in [-0.25, -0.2) is 9.97 Å².